The van der Waals surface area contributed by atoms with Gasteiger partial charge in [0.2, 0.25) is 0 Å². The molecule has 1 heterocycles. The number of aryl methyl sites for hydroxylation is 1. The first-order valence-corrected chi connectivity index (χ1v) is 16.5. The van der Waals surface area contributed by atoms with Crippen molar-refractivity contribution in [3.8, 4) is 5.75 Å². The first-order valence-electron chi connectivity index (χ1n) is 16.5. The SMILES string of the molecule is CCCCCCCCCCCCOc1ccc2c3ccccc3n(CCCCCCCCCCCC)c2c1. The number of hydrogen-bond acceptors (Lipinski definition) is 1. The van der Waals surface area contributed by atoms with Crippen molar-refractivity contribution >= 4 is 21.8 Å². The molecule has 0 amide bonds. The molecule has 0 saturated carbocycles. The van der Waals surface area contributed by atoms with Crippen molar-refractivity contribution < 1.29 is 4.74 Å². The Bertz CT molecular complexity index is 1000. The number of ether oxygens (including phenoxy) is 1. The van der Waals surface area contributed by atoms with E-state index in [1.165, 1.54) is 144 Å². The number of unbranched alkanes of at least 4 members (excludes halogenated alkanes) is 18. The van der Waals surface area contributed by atoms with Gasteiger partial charge in [0.1, 0.15) is 5.75 Å². The Labute approximate surface area is 234 Å². The summed E-state index contributed by atoms with van der Waals surface area (Å²) in [6, 6.07) is 15.7. The van der Waals surface area contributed by atoms with Crippen molar-refractivity contribution in [2.45, 2.75) is 149 Å². The van der Waals surface area contributed by atoms with Crippen molar-refractivity contribution in [3.05, 3.63) is 42.5 Å². The molecule has 0 atom stereocenters. The molecule has 0 unspecified atom stereocenters. The summed E-state index contributed by atoms with van der Waals surface area (Å²) in [7, 11) is 0. The molecular formula is C36H57NO. The minimum atomic E-state index is 0.834. The molecule has 0 bridgehead atoms. The maximum atomic E-state index is 6.23. The Morgan fingerprint density at radius 2 is 1.00 bits per heavy atom. The van der Waals surface area contributed by atoms with Gasteiger partial charge in [-0.2, -0.15) is 0 Å². The largest absolute Gasteiger partial charge is 0.494 e. The fourth-order valence-corrected chi connectivity index (χ4v) is 5.90. The third-order valence-corrected chi connectivity index (χ3v) is 8.25. The van der Waals surface area contributed by atoms with Gasteiger partial charge >= 0.3 is 0 Å². The van der Waals surface area contributed by atoms with Crippen LogP contribution in [0.3, 0.4) is 0 Å². The smallest absolute Gasteiger partial charge is 0.121 e. The van der Waals surface area contributed by atoms with E-state index in [-0.39, 0.29) is 0 Å². The third-order valence-electron chi connectivity index (χ3n) is 8.25. The highest BCUT2D eigenvalue weighted by molar-refractivity contribution is 6.08. The second-order valence-corrected chi connectivity index (χ2v) is 11.6. The van der Waals surface area contributed by atoms with Gasteiger partial charge in [-0.15, -0.1) is 0 Å². The average Bonchev–Trinajstić information content (AvgIpc) is 3.25. The third kappa shape index (κ3) is 10.7. The molecule has 0 saturated heterocycles. The van der Waals surface area contributed by atoms with E-state index >= 15 is 0 Å². The number of aromatic nitrogens is 1. The molecular weight excluding hydrogens is 462 g/mol. The van der Waals surface area contributed by atoms with Crippen molar-refractivity contribution in [3.63, 3.8) is 0 Å². The van der Waals surface area contributed by atoms with Crippen molar-refractivity contribution in [1.82, 2.24) is 4.57 Å². The van der Waals surface area contributed by atoms with E-state index < -0.39 is 0 Å². The fraction of sp³-hybridized carbons (Fsp3) is 0.667. The normalized spacial score (nSPS) is 11.6. The molecule has 0 aliphatic heterocycles. The molecule has 0 aliphatic rings. The van der Waals surface area contributed by atoms with Crippen LogP contribution in [-0.4, -0.2) is 11.2 Å². The zero-order valence-corrected chi connectivity index (χ0v) is 25.0. The number of fused-ring (bicyclic) bond motifs is 3. The summed E-state index contributed by atoms with van der Waals surface area (Å²) in [6.07, 6.45) is 27.4. The summed E-state index contributed by atoms with van der Waals surface area (Å²) >= 11 is 0. The zero-order valence-electron chi connectivity index (χ0n) is 25.0. The van der Waals surface area contributed by atoms with Crippen LogP contribution >= 0.6 is 0 Å². The van der Waals surface area contributed by atoms with Gasteiger partial charge in [0.15, 0.2) is 0 Å². The first kappa shape index (κ1) is 30.6. The van der Waals surface area contributed by atoms with Crippen LogP contribution in [0.15, 0.2) is 42.5 Å². The van der Waals surface area contributed by atoms with Gasteiger partial charge in [-0.1, -0.05) is 148 Å². The van der Waals surface area contributed by atoms with Gasteiger partial charge in [-0.05, 0) is 31.0 Å². The van der Waals surface area contributed by atoms with E-state index in [9.17, 15) is 0 Å². The van der Waals surface area contributed by atoms with Crippen molar-refractivity contribution in [1.29, 1.82) is 0 Å². The first-order chi connectivity index (χ1) is 18.8. The van der Waals surface area contributed by atoms with E-state index in [4.69, 9.17) is 4.74 Å². The minimum Gasteiger partial charge on any atom is -0.494 e. The Balaban J connectivity index is 1.41. The predicted octanol–water partition coefficient (Wildman–Crippen LogP) is 12.0. The Hall–Kier alpha value is -1.96. The van der Waals surface area contributed by atoms with E-state index in [0.29, 0.717) is 0 Å². The summed E-state index contributed by atoms with van der Waals surface area (Å²) < 4.78 is 8.77. The van der Waals surface area contributed by atoms with E-state index in [2.05, 4.69) is 60.9 Å². The van der Waals surface area contributed by atoms with E-state index in [1.807, 2.05) is 0 Å². The van der Waals surface area contributed by atoms with Crippen molar-refractivity contribution in [2.75, 3.05) is 6.61 Å². The van der Waals surface area contributed by atoms with E-state index in [1.54, 1.807) is 0 Å². The number of hydrogen-bond donors (Lipinski definition) is 0. The second kappa shape index (κ2) is 19.2. The Morgan fingerprint density at radius 3 is 1.61 bits per heavy atom. The van der Waals surface area contributed by atoms with Crippen LogP contribution in [-0.2, 0) is 6.54 Å². The average molecular weight is 520 g/mol. The molecule has 2 nitrogen and oxygen atoms in total. The number of nitrogens with zero attached hydrogens (tertiary/aromatic N) is 1. The molecule has 0 spiro atoms. The van der Waals surface area contributed by atoms with Crippen LogP contribution in [0.5, 0.6) is 5.75 Å². The predicted molar refractivity (Wildman–Crippen MR) is 169 cm³/mol. The molecule has 0 fully saturated rings. The molecule has 2 heteroatoms. The number of rotatable bonds is 23. The van der Waals surface area contributed by atoms with Crippen LogP contribution in [0.4, 0.5) is 0 Å². The second-order valence-electron chi connectivity index (χ2n) is 11.6. The lowest BCUT2D eigenvalue weighted by Gasteiger charge is -2.10. The Morgan fingerprint density at radius 1 is 0.500 bits per heavy atom. The van der Waals surface area contributed by atoms with Gasteiger partial charge in [0.05, 0.1) is 12.1 Å². The van der Waals surface area contributed by atoms with Gasteiger partial charge in [-0.3, -0.25) is 0 Å². The van der Waals surface area contributed by atoms with Gasteiger partial charge in [0, 0.05) is 28.9 Å². The maximum Gasteiger partial charge on any atom is 0.121 e. The molecule has 0 radical (unpaired) electrons. The molecule has 1 aromatic heterocycles. The number of para-hydroxylation sites is 1. The van der Waals surface area contributed by atoms with Crippen LogP contribution in [0.1, 0.15) is 142 Å². The molecule has 38 heavy (non-hydrogen) atoms. The van der Waals surface area contributed by atoms with Gasteiger partial charge in [-0.25, -0.2) is 0 Å². The molecule has 0 aliphatic carbocycles. The summed E-state index contributed by atoms with van der Waals surface area (Å²) in [4.78, 5) is 0. The topological polar surface area (TPSA) is 14.2 Å². The molecule has 0 N–H and O–H groups in total. The highest BCUT2D eigenvalue weighted by Gasteiger charge is 2.11. The molecule has 3 aromatic rings. The minimum absolute atomic E-state index is 0.834. The van der Waals surface area contributed by atoms with Crippen molar-refractivity contribution in [2.24, 2.45) is 0 Å². The summed E-state index contributed by atoms with van der Waals surface area (Å²) in [5.41, 5.74) is 2.70. The highest BCUT2D eigenvalue weighted by atomic mass is 16.5. The van der Waals surface area contributed by atoms with Crippen LogP contribution in [0.2, 0.25) is 0 Å². The summed E-state index contributed by atoms with van der Waals surface area (Å²) in [6.45, 7) is 6.52. The van der Waals surface area contributed by atoms with Crippen LogP contribution in [0.25, 0.3) is 21.8 Å². The Kier molecular flexibility index (Phi) is 15.4. The zero-order chi connectivity index (χ0) is 26.7. The van der Waals surface area contributed by atoms with E-state index in [0.717, 1.165) is 25.3 Å². The summed E-state index contributed by atoms with van der Waals surface area (Å²) in [5, 5.41) is 2.73. The molecule has 212 valence electrons. The maximum absolute atomic E-state index is 6.23. The number of benzene rings is 2. The summed E-state index contributed by atoms with van der Waals surface area (Å²) in [5.74, 6) is 1.03. The van der Waals surface area contributed by atoms with Gasteiger partial charge < -0.3 is 9.30 Å². The quantitative estimate of drug-likeness (QED) is 0.114. The molecule has 3 rings (SSSR count). The lowest BCUT2D eigenvalue weighted by Crippen LogP contribution is -2.00. The van der Waals surface area contributed by atoms with Gasteiger partial charge in [0.25, 0.3) is 0 Å². The lowest BCUT2D eigenvalue weighted by atomic mass is 10.1. The fourth-order valence-electron chi connectivity index (χ4n) is 5.90. The highest BCUT2D eigenvalue weighted by Crippen LogP contribution is 2.32. The monoisotopic (exact) mass is 519 g/mol. The van der Waals surface area contributed by atoms with Crippen LogP contribution in [0, 0.1) is 0 Å². The molecule has 2 aromatic carbocycles. The lowest BCUT2D eigenvalue weighted by molar-refractivity contribution is 0.304. The standard InChI is InChI=1S/C36H57NO/c1-3-5-7-9-11-13-15-17-19-23-29-37-35-26-22-21-25-33(35)34-28-27-32(31-36(34)37)38-30-24-20-18-16-14-12-10-8-6-4-2/h21-22,25-28,31H,3-20,23-24,29-30H2,1-2H3. The van der Waals surface area contributed by atoms with Crippen LogP contribution < -0.4 is 4.74 Å².